The molecule has 12 heavy (non-hydrogen) atoms. The van der Waals surface area contributed by atoms with E-state index in [1.165, 1.54) is 6.92 Å². The molecule has 0 saturated heterocycles. The molecule has 1 atom stereocenters. The van der Waals surface area contributed by atoms with Crippen LogP contribution in [0.3, 0.4) is 0 Å². The number of rotatable bonds is 2. The third kappa shape index (κ3) is 1.84. The van der Waals surface area contributed by atoms with E-state index in [9.17, 15) is 4.39 Å². The van der Waals surface area contributed by atoms with E-state index in [1.807, 2.05) is 0 Å². The van der Waals surface area contributed by atoms with Crippen LogP contribution in [0.5, 0.6) is 0 Å². The lowest BCUT2D eigenvalue weighted by atomic mass is 9.99. The van der Waals surface area contributed by atoms with Gasteiger partial charge in [0.25, 0.3) is 0 Å². The van der Waals surface area contributed by atoms with Crippen LogP contribution in [-0.4, -0.2) is 11.7 Å². The Labute approximate surface area is 79.4 Å². The van der Waals surface area contributed by atoms with Gasteiger partial charge in [-0.2, -0.15) is 0 Å². The van der Waals surface area contributed by atoms with Crippen LogP contribution in [0.15, 0.2) is 28.7 Å². The maximum absolute atomic E-state index is 13.5. The van der Waals surface area contributed by atoms with Crippen LogP contribution >= 0.6 is 15.9 Å². The first-order valence-corrected chi connectivity index (χ1v) is 4.42. The summed E-state index contributed by atoms with van der Waals surface area (Å²) < 4.78 is 14.2. The number of halogens is 2. The summed E-state index contributed by atoms with van der Waals surface area (Å²) in [6.07, 6.45) is 0. The van der Waals surface area contributed by atoms with Crippen LogP contribution in [0, 0.1) is 0 Å². The molecule has 0 heterocycles. The zero-order chi connectivity index (χ0) is 9.19. The lowest BCUT2D eigenvalue weighted by Gasteiger charge is -2.18. The predicted octanol–water partition coefficient (Wildman–Crippen LogP) is 2.63. The summed E-state index contributed by atoms with van der Waals surface area (Å²) in [5, 5.41) is 8.78. The molecule has 1 N–H and O–H groups in total. The third-order valence-corrected chi connectivity index (χ3v) is 2.42. The first kappa shape index (κ1) is 9.68. The monoisotopic (exact) mass is 232 g/mol. The minimum Gasteiger partial charge on any atom is -0.393 e. The van der Waals surface area contributed by atoms with Crippen LogP contribution < -0.4 is 0 Å². The highest BCUT2D eigenvalue weighted by Gasteiger charge is 2.26. The predicted molar refractivity (Wildman–Crippen MR) is 49.7 cm³/mol. The number of hydrogen-bond donors (Lipinski definition) is 1. The van der Waals surface area contributed by atoms with Gasteiger partial charge in [-0.3, -0.25) is 0 Å². The van der Waals surface area contributed by atoms with E-state index in [4.69, 9.17) is 5.11 Å². The SMILES string of the molecule is CC(F)(CO)c1ccccc1Br. The molecule has 1 aromatic carbocycles. The maximum Gasteiger partial charge on any atom is 0.157 e. The van der Waals surface area contributed by atoms with Gasteiger partial charge in [0.2, 0.25) is 0 Å². The third-order valence-electron chi connectivity index (χ3n) is 1.73. The fraction of sp³-hybridized carbons (Fsp3) is 0.333. The topological polar surface area (TPSA) is 20.2 Å². The molecule has 0 aliphatic heterocycles. The van der Waals surface area contributed by atoms with Gasteiger partial charge in [0, 0.05) is 10.0 Å². The van der Waals surface area contributed by atoms with E-state index in [0.717, 1.165) is 0 Å². The molecular weight excluding hydrogens is 223 g/mol. The molecule has 0 aromatic heterocycles. The smallest absolute Gasteiger partial charge is 0.157 e. The van der Waals surface area contributed by atoms with E-state index in [1.54, 1.807) is 24.3 Å². The molecule has 3 heteroatoms. The molecule has 0 amide bonds. The summed E-state index contributed by atoms with van der Waals surface area (Å²) in [6, 6.07) is 6.96. The minimum absolute atomic E-state index is 0.479. The van der Waals surface area contributed by atoms with Crippen LogP contribution in [0.4, 0.5) is 4.39 Å². The molecule has 1 rings (SSSR count). The van der Waals surface area contributed by atoms with Crippen molar-refractivity contribution >= 4 is 15.9 Å². The van der Waals surface area contributed by atoms with Crippen molar-refractivity contribution in [2.45, 2.75) is 12.6 Å². The van der Waals surface area contributed by atoms with Crippen LogP contribution in [0.25, 0.3) is 0 Å². The van der Waals surface area contributed by atoms with Crippen molar-refractivity contribution < 1.29 is 9.50 Å². The van der Waals surface area contributed by atoms with E-state index < -0.39 is 12.3 Å². The highest BCUT2D eigenvalue weighted by Crippen LogP contribution is 2.30. The molecule has 0 aliphatic rings. The molecule has 0 radical (unpaired) electrons. The summed E-state index contributed by atoms with van der Waals surface area (Å²) in [7, 11) is 0. The van der Waals surface area contributed by atoms with E-state index in [2.05, 4.69) is 15.9 Å². The van der Waals surface area contributed by atoms with Crippen molar-refractivity contribution in [2.24, 2.45) is 0 Å². The average molecular weight is 233 g/mol. The minimum atomic E-state index is -1.67. The van der Waals surface area contributed by atoms with Gasteiger partial charge < -0.3 is 5.11 Å². The Morgan fingerprint density at radius 3 is 2.58 bits per heavy atom. The second-order valence-corrected chi connectivity index (χ2v) is 3.69. The highest BCUT2D eigenvalue weighted by atomic mass is 79.9. The molecule has 0 aliphatic carbocycles. The summed E-state index contributed by atoms with van der Waals surface area (Å²) >= 11 is 3.22. The number of hydrogen-bond acceptors (Lipinski definition) is 1. The summed E-state index contributed by atoms with van der Waals surface area (Å²) in [5.41, 5.74) is -1.19. The first-order valence-electron chi connectivity index (χ1n) is 3.63. The molecule has 1 nitrogen and oxygen atoms in total. The van der Waals surface area contributed by atoms with Crippen molar-refractivity contribution in [2.75, 3.05) is 6.61 Å². The van der Waals surface area contributed by atoms with Crippen molar-refractivity contribution in [3.05, 3.63) is 34.3 Å². The molecule has 66 valence electrons. The molecule has 0 spiro atoms. The quantitative estimate of drug-likeness (QED) is 0.832. The van der Waals surface area contributed by atoms with Gasteiger partial charge in [-0.1, -0.05) is 34.1 Å². The highest BCUT2D eigenvalue weighted by molar-refractivity contribution is 9.10. The molecule has 1 aromatic rings. The Kier molecular flexibility index (Phi) is 2.85. The van der Waals surface area contributed by atoms with Gasteiger partial charge >= 0.3 is 0 Å². The van der Waals surface area contributed by atoms with Gasteiger partial charge in [0.15, 0.2) is 5.67 Å². The summed E-state index contributed by atoms with van der Waals surface area (Å²) in [4.78, 5) is 0. The Morgan fingerprint density at radius 2 is 2.08 bits per heavy atom. The molecule has 0 fully saturated rings. The maximum atomic E-state index is 13.5. The normalized spacial score (nSPS) is 15.7. The van der Waals surface area contributed by atoms with Gasteiger partial charge in [0.1, 0.15) is 0 Å². The lowest BCUT2D eigenvalue weighted by Crippen LogP contribution is -2.20. The Bertz CT molecular complexity index is 273. The second-order valence-electron chi connectivity index (χ2n) is 2.84. The molecule has 1 unspecified atom stereocenters. The van der Waals surface area contributed by atoms with Crippen LogP contribution in [0.2, 0.25) is 0 Å². The van der Waals surface area contributed by atoms with Crippen molar-refractivity contribution in [1.29, 1.82) is 0 Å². The van der Waals surface area contributed by atoms with Crippen LogP contribution in [-0.2, 0) is 5.67 Å². The van der Waals surface area contributed by atoms with E-state index in [0.29, 0.717) is 10.0 Å². The number of aliphatic hydroxyl groups is 1. The summed E-state index contributed by atoms with van der Waals surface area (Å²) in [6.45, 7) is 0.850. The second kappa shape index (κ2) is 3.54. The van der Waals surface area contributed by atoms with E-state index in [-0.39, 0.29) is 0 Å². The Morgan fingerprint density at radius 1 is 1.50 bits per heavy atom. The average Bonchev–Trinajstić information content (AvgIpc) is 2.05. The Balaban J connectivity index is 3.10. The zero-order valence-corrected chi connectivity index (χ0v) is 8.31. The van der Waals surface area contributed by atoms with Gasteiger partial charge in [-0.25, -0.2) is 4.39 Å². The van der Waals surface area contributed by atoms with Gasteiger partial charge in [0.05, 0.1) is 6.61 Å². The van der Waals surface area contributed by atoms with Crippen LogP contribution in [0.1, 0.15) is 12.5 Å². The summed E-state index contributed by atoms with van der Waals surface area (Å²) in [5.74, 6) is 0. The van der Waals surface area contributed by atoms with E-state index >= 15 is 0 Å². The number of aliphatic hydroxyl groups excluding tert-OH is 1. The lowest BCUT2D eigenvalue weighted by molar-refractivity contribution is 0.0861. The zero-order valence-electron chi connectivity index (χ0n) is 6.72. The van der Waals surface area contributed by atoms with Gasteiger partial charge in [-0.15, -0.1) is 0 Å². The standard InChI is InChI=1S/C9H10BrFO/c1-9(11,6-12)7-4-2-3-5-8(7)10/h2-5,12H,6H2,1H3. The van der Waals surface area contributed by atoms with Crippen molar-refractivity contribution in [3.8, 4) is 0 Å². The Hall–Kier alpha value is -0.410. The molecule has 0 saturated carbocycles. The van der Waals surface area contributed by atoms with Crippen molar-refractivity contribution in [3.63, 3.8) is 0 Å². The largest absolute Gasteiger partial charge is 0.393 e. The fourth-order valence-electron chi connectivity index (χ4n) is 0.969. The van der Waals surface area contributed by atoms with Crippen molar-refractivity contribution in [1.82, 2.24) is 0 Å². The molecular formula is C9H10BrFO. The number of benzene rings is 1. The number of alkyl halides is 1. The van der Waals surface area contributed by atoms with Gasteiger partial charge in [-0.05, 0) is 13.0 Å². The molecule has 0 bridgehead atoms. The first-order chi connectivity index (χ1) is 5.58. The fourth-order valence-corrected chi connectivity index (χ4v) is 1.67.